The normalized spacial score (nSPS) is 36.7. The number of benzene rings is 1. The fraction of sp³-hybridized carbons (Fsp3) is 0.682. The van der Waals surface area contributed by atoms with Crippen LogP contribution in [0.4, 0.5) is 0 Å². The van der Waals surface area contributed by atoms with E-state index in [1.54, 1.807) is 0 Å². The van der Waals surface area contributed by atoms with E-state index in [4.69, 9.17) is 10.5 Å². The van der Waals surface area contributed by atoms with Crippen LogP contribution in [-0.4, -0.2) is 24.1 Å². The molecule has 1 aromatic carbocycles. The minimum atomic E-state index is 0.143. The molecular weight excluding hydrogens is 324 g/mol. The van der Waals surface area contributed by atoms with E-state index in [2.05, 4.69) is 17.4 Å². The third-order valence-electron chi connectivity index (χ3n) is 6.87. The highest BCUT2D eigenvalue weighted by atomic mass is 16.5. The molecule has 3 fully saturated rings. The van der Waals surface area contributed by atoms with E-state index in [9.17, 15) is 4.79 Å². The summed E-state index contributed by atoms with van der Waals surface area (Å²) in [7, 11) is 0. The molecule has 142 valence electrons. The van der Waals surface area contributed by atoms with Gasteiger partial charge < -0.3 is 15.8 Å². The van der Waals surface area contributed by atoms with E-state index in [0.29, 0.717) is 24.5 Å². The van der Waals surface area contributed by atoms with E-state index < -0.39 is 0 Å². The first-order valence-electron chi connectivity index (χ1n) is 10.4. The van der Waals surface area contributed by atoms with Crippen LogP contribution in [0.25, 0.3) is 0 Å². The summed E-state index contributed by atoms with van der Waals surface area (Å²) in [5, 5.41) is 3.33. The van der Waals surface area contributed by atoms with Gasteiger partial charge in [0.1, 0.15) is 0 Å². The lowest BCUT2D eigenvalue weighted by atomic mass is 9.65. The van der Waals surface area contributed by atoms with Crippen molar-refractivity contribution in [1.29, 1.82) is 0 Å². The molecule has 0 radical (unpaired) electrons. The van der Waals surface area contributed by atoms with E-state index in [-0.39, 0.29) is 24.0 Å². The number of carbonyl (C=O) groups excluding carboxylic acids is 1. The van der Waals surface area contributed by atoms with Crippen LogP contribution in [0.15, 0.2) is 30.3 Å². The molecule has 0 spiro atoms. The molecule has 26 heavy (non-hydrogen) atoms. The van der Waals surface area contributed by atoms with Gasteiger partial charge in [-0.3, -0.25) is 4.79 Å². The SMILES string of the molecule is NC1C2CCCC1CC(C(=O)NC1CCCC1OCc1ccccc1)C2. The van der Waals surface area contributed by atoms with Crippen molar-refractivity contribution in [3.63, 3.8) is 0 Å². The van der Waals surface area contributed by atoms with Gasteiger partial charge in [-0.2, -0.15) is 0 Å². The summed E-state index contributed by atoms with van der Waals surface area (Å²) < 4.78 is 6.15. The van der Waals surface area contributed by atoms with Crippen LogP contribution >= 0.6 is 0 Å². The molecule has 3 aliphatic rings. The number of carbonyl (C=O) groups is 1. The van der Waals surface area contributed by atoms with Crippen LogP contribution in [-0.2, 0) is 16.1 Å². The number of hydrogen-bond acceptors (Lipinski definition) is 3. The largest absolute Gasteiger partial charge is 0.371 e. The van der Waals surface area contributed by atoms with E-state index in [0.717, 1.165) is 32.1 Å². The van der Waals surface area contributed by atoms with E-state index in [1.807, 2.05) is 18.2 Å². The number of amides is 1. The van der Waals surface area contributed by atoms with Gasteiger partial charge in [-0.05, 0) is 62.3 Å². The highest BCUT2D eigenvalue weighted by Gasteiger charge is 2.41. The zero-order valence-electron chi connectivity index (χ0n) is 15.6. The highest BCUT2D eigenvalue weighted by molar-refractivity contribution is 5.79. The van der Waals surface area contributed by atoms with Crippen LogP contribution in [0.1, 0.15) is 56.9 Å². The molecule has 3 N–H and O–H groups in total. The Kier molecular flexibility index (Phi) is 5.60. The molecule has 4 unspecified atom stereocenters. The molecule has 3 aliphatic carbocycles. The predicted octanol–water partition coefficient (Wildman–Crippen LogP) is 3.39. The van der Waals surface area contributed by atoms with Crippen molar-refractivity contribution in [3.05, 3.63) is 35.9 Å². The Labute approximate surface area is 156 Å². The van der Waals surface area contributed by atoms with Gasteiger partial charge in [0.05, 0.1) is 18.8 Å². The van der Waals surface area contributed by atoms with Crippen molar-refractivity contribution in [2.45, 2.75) is 76.2 Å². The van der Waals surface area contributed by atoms with Gasteiger partial charge in [-0.15, -0.1) is 0 Å². The number of rotatable bonds is 5. The summed E-state index contributed by atoms with van der Waals surface area (Å²) in [6.45, 7) is 0.625. The number of hydrogen-bond donors (Lipinski definition) is 2. The van der Waals surface area contributed by atoms with E-state index >= 15 is 0 Å². The number of nitrogens with one attached hydrogen (secondary N) is 1. The second kappa shape index (κ2) is 8.10. The second-order valence-corrected chi connectivity index (χ2v) is 8.58. The summed E-state index contributed by atoms with van der Waals surface area (Å²) >= 11 is 0. The lowest BCUT2D eigenvalue weighted by Gasteiger charge is -2.43. The Hall–Kier alpha value is -1.39. The van der Waals surface area contributed by atoms with Gasteiger partial charge in [-0.25, -0.2) is 0 Å². The Morgan fingerprint density at radius 1 is 1.04 bits per heavy atom. The maximum absolute atomic E-state index is 12.9. The van der Waals surface area contributed by atoms with Crippen molar-refractivity contribution in [2.75, 3.05) is 0 Å². The Morgan fingerprint density at radius 3 is 2.46 bits per heavy atom. The average molecular weight is 357 g/mol. The van der Waals surface area contributed by atoms with Gasteiger partial charge >= 0.3 is 0 Å². The molecule has 0 aliphatic heterocycles. The van der Waals surface area contributed by atoms with Gasteiger partial charge in [0, 0.05) is 12.0 Å². The smallest absolute Gasteiger partial charge is 0.223 e. The Balaban J connectivity index is 1.30. The molecule has 4 nitrogen and oxygen atoms in total. The molecule has 4 heteroatoms. The molecule has 4 rings (SSSR count). The molecule has 2 bridgehead atoms. The van der Waals surface area contributed by atoms with Gasteiger partial charge in [0.2, 0.25) is 5.91 Å². The van der Waals surface area contributed by atoms with Gasteiger partial charge in [0.15, 0.2) is 0 Å². The first-order valence-corrected chi connectivity index (χ1v) is 10.4. The van der Waals surface area contributed by atoms with Crippen molar-refractivity contribution in [3.8, 4) is 0 Å². The van der Waals surface area contributed by atoms with Crippen LogP contribution in [0.3, 0.4) is 0 Å². The number of ether oxygens (including phenoxy) is 1. The number of fused-ring (bicyclic) bond motifs is 2. The van der Waals surface area contributed by atoms with Crippen LogP contribution < -0.4 is 11.1 Å². The second-order valence-electron chi connectivity index (χ2n) is 8.58. The minimum Gasteiger partial charge on any atom is -0.371 e. The maximum Gasteiger partial charge on any atom is 0.223 e. The fourth-order valence-electron chi connectivity index (χ4n) is 5.37. The topological polar surface area (TPSA) is 64.4 Å². The average Bonchev–Trinajstić information content (AvgIpc) is 3.07. The van der Waals surface area contributed by atoms with Crippen LogP contribution in [0, 0.1) is 17.8 Å². The molecule has 3 saturated carbocycles. The van der Waals surface area contributed by atoms with Crippen molar-refractivity contribution in [1.82, 2.24) is 5.32 Å². The molecule has 1 amide bonds. The molecule has 0 aromatic heterocycles. The summed E-state index contributed by atoms with van der Waals surface area (Å²) in [5.41, 5.74) is 7.57. The third kappa shape index (κ3) is 3.96. The molecule has 4 atom stereocenters. The number of nitrogens with two attached hydrogens (primary N) is 1. The quantitative estimate of drug-likeness (QED) is 0.850. The summed E-state index contributed by atoms with van der Waals surface area (Å²) in [5.74, 6) is 1.49. The first kappa shape index (κ1) is 18.0. The first-order chi connectivity index (χ1) is 12.7. The van der Waals surface area contributed by atoms with Gasteiger partial charge in [0.25, 0.3) is 0 Å². The van der Waals surface area contributed by atoms with Crippen LogP contribution in [0.5, 0.6) is 0 Å². The summed E-state index contributed by atoms with van der Waals surface area (Å²) in [6, 6.07) is 10.8. The molecule has 1 aromatic rings. The van der Waals surface area contributed by atoms with Crippen molar-refractivity contribution < 1.29 is 9.53 Å². The zero-order valence-corrected chi connectivity index (χ0v) is 15.6. The standard InChI is InChI=1S/C22H32N2O2/c23-21-16-8-4-9-17(21)13-18(12-16)22(25)24-19-10-5-11-20(19)26-14-15-6-2-1-3-7-15/h1-3,6-7,16-21H,4-5,8-14,23H2,(H,24,25). The highest BCUT2D eigenvalue weighted by Crippen LogP contribution is 2.42. The summed E-state index contributed by atoms with van der Waals surface area (Å²) in [4.78, 5) is 12.9. The predicted molar refractivity (Wildman–Crippen MR) is 102 cm³/mol. The lowest BCUT2D eigenvalue weighted by Crippen LogP contribution is -2.51. The van der Waals surface area contributed by atoms with E-state index in [1.165, 1.54) is 24.8 Å². The minimum absolute atomic E-state index is 0.143. The Morgan fingerprint density at radius 2 is 1.73 bits per heavy atom. The monoisotopic (exact) mass is 356 g/mol. The molecule has 0 heterocycles. The van der Waals surface area contributed by atoms with Crippen molar-refractivity contribution >= 4 is 5.91 Å². The third-order valence-corrected chi connectivity index (χ3v) is 6.87. The fourth-order valence-corrected chi connectivity index (χ4v) is 5.37. The van der Waals surface area contributed by atoms with Crippen molar-refractivity contribution in [2.24, 2.45) is 23.5 Å². The van der Waals surface area contributed by atoms with Crippen LogP contribution in [0.2, 0.25) is 0 Å². The molecular formula is C22H32N2O2. The lowest BCUT2D eigenvalue weighted by molar-refractivity contribution is -0.129. The Bertz CT molecular complexity index is 591. The molecule has 0 saturated heterocycles. The van der Waals surface area contributed by atoms with Gasteiger partial charge in [-0.1, -0.05) is 36.8 Å². The zero-order chi connectivity index (χ0) is 17.9. The summed E-state index contributed by atoms with van der Waals surface area (Å²) in [6.07, 6.45) is 8.99. The maximum atomic E-state index is 12.9.